The quantitative estimate of drug-likeness (QED) is 0.474. The van der Waals surface area contributed by atoms with Crippen molar-refractivity contribution in [3.05, 3.63) is 88.0 Å². The Bertz CT molecular complexity index is 1020. The molecule has 1 heteroatoms. The van der Waals surface area contributed by atoms with Gasteiger partial charge in [-0.1, -0.05) is 105 Å². The molecular weight excluding hydrogens is 364 g/mol. The third-order valence-electron chi connectivity index (χ3n) is 6.86. The zero-order valence-corrected chi connectivity index (χ0v) is 20.5. The Morgan fingerprint density at radius 3 is 2.07 bits per heavy atom. The van der Waals surface area contributed by atoms with Crippen molar-refractivity contribution in [3.8, 4) is 11.1 Å². The molecule has 1 atom stereocenters. The highest BCUT2D eigenvalue weighted by Gasteiger charge is 2.33. The Hall–Kier alpha value is -2.12. The van der Waals surface area contributed by atoms with E-state index >= 15 is 0 Å². The number of benzene rings is 2. The van der Waals surface area contributed by atoms with Crippen LogP contribution in [0.15, 0.2) is 71.3 Å². The van der Waals surface area contributed by atoms with Gasteiger partial charge in [0.1, 0.15) is 0 Å². The zero-order chi connectivity index (χ0) is 21.0. The summed E-state index contributed by atoms with van der Waals surface area (Å²) in [5.41, 5.74) is 12.4. The van der Waals surface area contributed by atoms with E-state index < -0.39 is 9.52 Å². The molecule has 150 valence electrons. The summed E-state index contributed by atoms with van der Waals surface area (Å²) in [6, 6.07) is 16.1. The molecule has 0 saturated heterocycles. The van der Waals surface area contributed by atoms with Gasteiger partial charge in [0.15, 0.2) is 0 Å². The minimum atomic E-state index is -0.394. The number of fused-ring (bicyclic) bond motifs is 1. The van der Waals surface area contributed by atoms with Crippen LogP contribution in [0.1, 0.15) is 70.7 Å². The average Bonchev–Trinajstić information content (AvgIpc) is 3.09. The number of hydrogen-bond donors (Lipinski definition) is 0. The standard InChI is InChI=1S/C28H34Si/c1-18-15-25-23(21-11-13-22(14-12-21)27(4,5)6)9-8-10-24(25)26(18)29-28(7)16-19(2)20(3)17-28/h8-17,26H,29H2,1-7H3. The van der Waals surface area contributed by atoms with Gasteiger partial charge >= 0.3 is 0 Å². The van der Waals surface area contributed by atoms with Crippen LogP contribution in [0.5, 0.6) is 0 Å². The largest absolute Gasteiger partial charge is 0.0750 e. The van der Waals surface area contributed by atoms with Crippen molar-refractivity contribution < 1.29 is 0 Å². The van der Waals surface area contributed by atoms with E-state index in [9.17, 15) is 0 Å². The van der Waals surface area contributed by atoms with Crippen LogP contribution in [0.4, 0.5) is 0 Å². The van der Waals surface area contributed by atoms with Crippen molar-refractivity contribution in [2.45, 2.75) is 64.5 Å². The highest BCUT2D eigenvalue weighted by atomic mass is 28.2. The average molecular weight is 399 g/mol. The molecule has 29 heavy (non-hydrogen) atoms. The van der Waals surface area contributed by atoms with Crippen molar-refractivity contribution in [2.75, 3.05) is 0 Å². The maximum atomic E-state index is 2.52. The summed E-state index contributed by atoms with van der Waals surface area (Å²) in [5, 5.41) is 0.292. The van der Waals surface area contributed by atoms with Gasteiger partial charge < -0.3 is 0 Å². The highest BCUT2D eigenvalue weighted by Crippen LogP contribution is 2.47. The van der Waals surface area contributed by atoms with Crippen LogP contribution in [-0.2, 0) is 5.41 Å². The Balaban J connectivity index is 1.69. The molecule has 4 rings (SSSR count). The third-order valence-corrected chi connectivity index (χ3v) is 9.64. The van der Waals surface area contributed by atoms with Crippen LogP contribution < -0.4 is 0 Å². The molecule has 2 aliphatic rings. The Morgan fingerprint density at radius 1 is 0.862 bits per heavy atom. The van der Waals surface area contributed by atoms with Gasteiger partial charge in [0.25, 0.3) is 0 Å². The van der Waals surface area contributed by atoms with E-state index in [1.807, 2.05) is 0 Å². The SMILES string of the molecule is CC1=CC(C)([SiH2]C2C(C)=Cc3c(-c4ccc(C(C)(C)C)cc4)cccc32)C=C1C. The summed E-state index contributed by atoms with van der Waals surface area (Å²) in [6.45, 7) is 16.1. The predicted octanol–water partition coefficient (Wildman–Crippen LogP) is 7.36. The first-order chi connectivity index (χ1) is 13.6. The lowest BCUT2D eigenvalue weighted by Gasteiger charge is -2.25. The summed E-state index contributed by atoms with van der Waals surface area (Å²) in [6.07, 6.45) is 7.51. The van der Waals surface area contributed by atoms with Gasteiger partial charge in [-0.05, 0) is 64.6 Å². The van der Waals surface area contributed by atoms with Gasteiger partial charge in [-0.15, -0.1) is 0 Å². The topological polar surface area (TPSA) is 0 Å². The molecule has 0 aromatic heterocycles. The van der Waals surface area contributed by atoms with Crippen molar-refractivity contribution in [1.82, 2.24) is 0 Å². The van der Waals surface area contributed by atoms with Crippen LogP contribution in [-0.4, -0.2) is 9.52 Å². The van der Waals surface area contributed by atoms with Crippen LogP contribution >= 0.6 is 0 Å². The van der Waals surface area contributed by atoms with Gasteiger partial charge in [-0.3, -0.25) is 0 Å². The molecule has 0 aliphatic heterocycles. The Labute approximate surface area is 179 Å². The number of rotatable bonds is 3. The van der Waals surface area contributed by atoms with Crippen molar-refractivity contribution in [2.24, 2.45) is 0 Å². The lowest BCUT2D eigenvalue weighted by molar-refractivity contribution is 0.590. The highest BCUT2D eigenvalue weighted by molar-refractivity contribution is 6.46. The van der Waals surface area contributed by atoms with Crippen LogP contribution in [0.3, 0.4) is 0 Å². The summed E-state index contributed by atoms with van der Waals surface area (Å²) in [5.74, 6) is 0. The fourth-order valence-electron chi connectivity index (χ4n) is 5.11. The molecule has 0 saturated carbocycles. The van der Waals surface area contributed by atoms with Gasteiger partial charge in [0, 0.05) is 9.52 Å². The number of allylic oxidation sites excluding steroid dienone is 5. The summed E-state index contributed by atoms with van der Waals surface area (Å²) >= 11 is 0. The molecule has 0 fully saturated rings. The van der Waals surface area contributed by atoms with E-state index in [4.69, 9.17) is 0 Å². The van der Waals surface area contributed by atoms with Crippen LogP contribution in [0, 0.1) is 0 Å². The zero-order valence-electron chi connectivity index (χ0n) is 19.1. The molecular formula is C28H34Si. The van der Waals surface area contributed by atoms with Crippen LogP contribution in [0.2, 0.25) is 5.04 Å². The minimum absolute atomic E-state index is 0.193. The normalized spacial score (nSPS) is 20.7. The summed E-state index contributed by atoms with van der Waals surface area (Å²) in [4.78, 5) is 0. The van der Waals surface area contributed by atoms with Gasteiger partial charge in [-0.25, -0.2) is 0 Å². The second kappa shape index (κ2) is 6.99. The van der Waals surface area contributed by atoms with Gasteiger partial charge in [0.2, 0.25) is 0 Å². The monoisotopic (exact) mass is 398 g/mol. The molecule has 0 nitrogen and oxygen atoms in total. The maximum absolute atomic E-state index is 2.52. The lowest BCUT2D eigenvalue weighted by atomic mass is 9.86. The Morgan fingerprint density at radius 2 is 1.48 bits per heavy atom. The third kappa shape index (κ3) is 3.73. The molecule has 0 heterocycles. The van der Waals surface area contributed by atoms with Crippen molar-refractivity contribution >= 4 is 15.6 Å². The summed E-state index contributed by atoms with van der Waals surface area (Å²) in [7, 11) is -0.394. The minimum Gasteiger partial charge on any atom is -0.0750 e. The lowest BCUT2D eigenvalue weighted by Crippen LogP contribution is -2.19. The van der Waals surface area contributed by atoms with E-state index in [1.165, 1.54) is 33.4 Å². The van der Waals surface area contributed by atoms with Gasteiger partial charge in [0.05, 0.1) is 0 Å². The Kier molecular flexibility index (Phi) is 4.86. The molecule has 1 unspecified atom stereocenters. The van der Waals surface area contributed by atoms with E-state index in [1.54, 1.807) is 11.1 Å². The molecule has 0 bridgehead atoms. The second-order valence-corrected chi connectivity index (χ2v) is 13.2. The number of hydrogen-bond acceptors (Lipinski definition) is 0. The van der Waals surface area contributed by atoms with E-state index in [2.05, 4.69) is 109 Å². The van der Waals surface area contributed by atoms with Gasteiger partial charge in [-0.2, -0.15) is 0 Å². The van der Waals surface area contributed by atoms with Crippen molar-refractivity contribution in [3.63, 3.8) is 0 Å². The summed E-state index contributed by atoms with van der Waals surface area (Å²) < 4.78 is 0. The first kappa shape index (κ1) is 20.2. The first-order valence-electron chi connectivity index (χ1n) is 10.9. The molecule has 0 amide bonds. The fourth-order valence-corrected chi connectivity index (χ4v) is 7.85. The van der Waals surface area contributed by atoms with E-state index in [-0.39, 0.29) is 5.41 Å². The van der Waals surface area contributed by atoms with E-state index in [0.29, 0.717) is 10.6 Å². The molecule has 0 radical (unpaired) electrons. The van der Waals surface area contributed by atoms with E-state index in [0.717, 1.165) is 0 Å². The first-order valence-corrected chi connectivity index (χ1v) is 12.4. The molecule has 2 aromatic carbocycles. The molecule has 2 aliphatic carbocycles. The molecule has 2 aromatic rings. The van der Waals surface area contributed by atoms with Crippen LogP contribution in [0.25, 0.3) is 17.2 Å². The molecule has 0 spiro atoms. The smallest absolute Gasteiger partial charge is 0.0498 e. The fraction of sp³-hybridized carbons (Fsp3) is 0.357. The predicted molar refractivity (Wildman–Crippen MR) is 131 cm³/mol. The maximum Gasteiger partial charge on any atom is 0.0498 e. The van der Waals surface area contributed by atoms with Crippen molar-refractivity contribution in [1.29, 1.82) is 0 Å². The second-order valence-electron chi connectivity index (χ2n) is 10.4. The molecule has 0 N–H and O–H groups in total.